The molecule has 1 saturated heterocycles. The van der Waals surface area contributed by atoms with E-state index >= 15 is 0 Å². The Morgan fingerprint density at radius 2 is 2.18 bits per heavy atom. The molecule has 0 radical (unpaired) electrons. The van der Waals surface area contributed by atoms with Gasteiger partial charge in [0.25, 0.3) is 0 Å². The first-order chi connectivity index (χ1) is 10.6. The number of aromatic nitrogens is 3. The molecule has 0 spiro atoms. The maximum Gasteiger partial charge on any atom is 0.166 e. The number of nitrogens with one attached hydrogen (secondary N) is 1. The van der Waals surface area contributed by atoms with Gasteiger partial charge in [-0.15, -0.1) is 0 Å². The van der Waals surface area contributed by atoms with E-state index in [9.17, 15) is 20.4 Å². The zero-order valence-electron chi connectivity index (χ0n) is 11.9. The number of aliphatic hydroxyl groups is 4. The Kier molecular flexibility index (Phi) is 3.75. The molecule has 2 aromatic heterocycles. The Morgan fingerprint density at radius 3 is 2.77 bits per heavy atom. The number of fused-ring (bicyclic) bond motifs is 1. The Bertz CT molecular complexity index is 677. The predicted molar refractivity (Wildman–Crippen MR) is 76.1 cm³/mol. The summed E-state index contributed by atoms with van der Waals surface area (Å²) in [7, 11) is 1.75. The molecule has 0 aliphatic carbocycles. The molecule has 0 unspecified atom stereocenters. The summed E-state index contributed by atoms with van der Waals surface area (Å²) in [6, 6.07) is 1.76. The molecule has 120 valence electrons. The highest BCUT2D eigenvalue weighted by Crippen LogP contribution is 2.38. The molecule has 0 saturated carbocycles. The Labute approximate surface area is 125 Å². The number of aliphatic hydroxyl groups excluding tert-OH is 3. The summed E-state index contributed by atoms with van der Waals surface area (Å²) in [5, 5.41) is 42.3. The third-order valence-corrected chi connectivity index (χ3v) is 4.07. The molecular weight excluding hydrogens is 292 g/mol. The summed E-state index contributed by atoms with van der Waals surface area (Å²) in [5.74, 6) is 0. The van der Waals surface area contributed by atoms with Gasteiger partial charge in [-0.1, -0.05) is 0 Å². The fraction of sp³-hybridized carbons (Fsp3) is 0.538. The Balaban J connectivity index is 2.05. The number of hydrogen-bond acceptors (Lipinski definition) is 8. The summed E-state index contributed by atoms with van der Waals surface area (Å²) in [6.07, 6.45) is -0.548. The van der Waals surface area contributed by atoms with Crippen LogP contribution in [0.5, 0.6) is 0 Å². The van der Waals surface area contributed by atoms with Crippen molar-refractivity contribution in [3.63, 3.8) is 0 Å². The first-order valence-corrected chi connectivity index (χ1v) is 6.83. The van der Waals surface area contributed by atoms with E-state index in [0.717, 1.165) is 5.69 Å². The Morgan fingerprint density at radius 1 is 1.41 bits per heavy atom. The molecule has 5 N–H and O–H groups in total. The van der Waals surface area contributed by atoms with E-state index in [4.69, 9.17) is 4.74 Å². The average molecular weight is 310 g/mol. The zero-order chi connectivity index (χ0) is 15.9. The van der Waals surface area contributed by atoms with Gasteiger partial charge >= 0.3 is 0 Å². The van der Waals surface area contributed by atoms with Gasteiger partial charge in [-0.2, -0.15) is 0 Å². The molecule has 0 aromatic carbocycles. The van der Waals surface area contributed by atoms with E-state index in [1.54, 1.807) is 19.3 Å². The van der Waals surface area contributed by atoms with Crippen molar-refractivity contribution in [2.45, 2.75) is 24.0 Å². The fourth-order valence-corrected chi connectivity index (χ4v) is 2.73. The highest BCUT2D eigenvalue weighted by molar-refractivity contribution is 5.85. The van der Waals surface area contributed by atoms with E-state index in [0.29, 0.717) is 11.2 Å². The average Bonchev–Trinajstić information content (AvgIpc) is 3.08. The number of imidazole rings is 1. The number of pyridine rings is 1. The highest BCUT2D eigenvalue weighted by Gasteiger charge is 2.55. The minimum atomic E-state index is -1.95. The minimum Gasteiger partial charge on any atom is -0.394 e. The standard InChI is InChI=1S/C13H18N4O5/c1-14-7-2-3-15-11-9(7)16-6-17(11)12-10(20)13(21,5-19)8(4-18)22-12/h2-3,6,8,10,12,18-21H,4-5H2,1H3,(H,14,15)/t8-,10+,12-,13-/m1/s1. The number of anilines is 1. The molecule has 1 aliphatic rings. The van der Waals surface area contributed by atoms with Gasteiger partial charge in [0.2, 0.25) is 0 Å². The van der Waals surface area contributed by atoms with Crippen LogP contribution in [-0.2, 0) is 4.74 Å². The van der Waals surface area contributed by atoms with Gasteiger partial charge in [0.05, 0.1) is 25.2 Å². The van der Waals surface area contributed by atoms with Crippen LogP contribution in [0.15, 0.2) is 18.6 Å². The van der Waals surface area contributed by atoms with Gasteiger partial charge in [0.15, 0.2) is 11.9 Å². The summed E-state index contributed by atoms with van der Waals surface area (Å²) < 4.78 is 6.98. The van der Waals surface area contributed by atoms with Crippen LogP contribution in [0.25, 0.3) is 11.2 Å². The van der Waals surface area contributed by atoms with Crippen molar-refractivity contribution in [2.24, 2.45) is 0 Å². The van der Waals surface area contributed by atoms with Gasteiger partial charge < -0.3 is 30.5 Å². The zero-order valence-corrected chi connectivity index (χ0v) is 11.9. The molecule has 4 atom stereocenters. The van der Waals surface area contributed by atoms with Crippen molar-refractivity contribution in [3.05, 3.63) is 18.6 Å². The van der Waals surface area contributed by atoms with Crippen molar-refractivity contribution in [1.29, 1.82) is 0 Å². The molecule has 2 aromatic rings. The van der Waals surface area contributed by atoms with Crippen LogP contribution in [0.1, 0.15) is 6.23 Å². The molecule has 3 heterocycles. The predicted octanol–water partition coefficient (Wildman–Crippen LogP) is -1.55. The molecule has 0 bridgehead atoms. The molecule has 1 fully saturated rings. The molecule has 22 heavy (non-hydrogen) atoms. The largest absolute Gasteiger partial charge is 0.394 e. The molecule has 9 nitrogen and oxygen atoms in total. The second-order valence-electron chi connectivity index (χ2n) is 5.22. The lowest BCUT2D eigenvalue weighted by molar-refractivity contribution is -0.119. The van der Waals surface area contributed by atoms with Crippen molar-refractivity contribution in [2.75, 3.05) is 25.6 Å². The maximum absolute atomic E-state index is 10.3. The third kappa shape index (κ3) is 1.98. The summed E-state index contributed by atoms with van der Waals surface area (Å²) in [6.45, 7) is -1.27. The van der Waals surface area contributed by atoms with Crippen LogP contribution in [0.4, 0.5) is 5.69 Å². The van der Waals surface area contributed by atoms with Crippen molar-refractivity contribution < 1.29 is 25.2 Å². The normalized spacial score (nSPS) is 31.8. The summed E-state index contributed by atoms with van der Waals surface area (Å²) in [4.78, 5) is 8.45. The van der Waals surface area contributed by atoms with E-state index in [-0.39, 0.29) is 0 Å². The molecular formula is C13H18N4O5. The van der Waals surface area contributed by atoms with E-state index in [1.165, 1.54) is 10.9 Å². The lowest BCUT2D eigenvalue weighted by Crippen LogP contribution is -2.52. The first-order valence-electron chi connectivity index (χ1n) is 6.83. The quantitative estimate of drug-likeness (QED) is 0.458. The minimum absolute atomic E-state index is 0.453. The number of ether oxygens (including phenoxy) is 1. The second-order valence-corrected chi connectivity index (χ2v) is 5.22. The van der Waals surface area contributed by atoms with Crippen LogP contribution in [0.2, 0.25) is 0 Å². The van der Waals surface area contributed by atoms with Crippen molar-refractivity contribution >= 4 is 16.9 Å². The number of hydrogen-bond donors (Lipinski definition) is 5. The van der Waals surface area contributed by atoms with Crippen molar-refractivity contribution in [3.8, 4) is 0 Å². The van der Waals surface area contributed by atoms with Crippen LogP contribution in [0, 0.1) is 0 Å². The molecule has 3 rings (SSSR count). The number of nitrogens with zero attached hydrogens (tertiary/aromatic N) is 3. The first kappa shape index (κ1) is 15.1. The second kappa shape index (κ2) is 5.45. The maximum atomic E-state index is 10.3. The van der Waals surface area contributed by atoms with Crippen LogP contribution in [0.3, 0.4) is 0 Å². The fourth-order valence-electron chi connectivity index (χ4n) is 2.73. The van der Waals surface area contributed by atoms with Crippen molar-refractivity contribution in [1.82, 2.24) is 14.5 Å². The SMILES string of the molecule is CNc1ccnc2c1ncn2[C@@H]1O[C@H](CO)[C@](O)(CO)[C@H]1O. The van der Waals surface area contributed by atoms with Gasteiger partial charge in [-0.3, -0.25) is 4.57 Å². The van der Waals surface area contributed by atoms with Gasteiger partial charge in [0, 0.05) is 13.2 Å². The van der Waals surface area contributed by atoms with E-state index < -0.39 is 37.3 Å². The Hall–Kier alpha value is -1.78. The lowest BCUT2D eigenvalue weighted by atomic mass is 9.93. The molecule has 1 aliphatic heterocycles. The topological polar surface area (TPSA) is 133 Å². The van der Waals surface area contributed by atoms with E-state index in [2.05, 4.69) is 15.3 Å². The smallest absolute Gasteiger partial charge is 0.166 e. The monoisotopic (exact) mass is 310 g/mol. The van der Waals surface area contributed by atoms with Crippen LogP contribution in [-0.4, -0.2) is 73.0 Å². The van der Waals surface area contributed by atoms with Gasteiger partial charge in [-0.05, 0) is 6.07 Å². The van der Waals surface area contributed by atoms with Crippen LogP contribution >= 0.6 is 0 Å². The van der Waals surface area contributed by atoms with Gasteiger partial charge in [0.1, 0.15) is 23.3 Å². The van der Waals surface area contributed by atoms with Gasteiger partial charge in [-0.25, -0.2) is 9.97 Å². The van der Waals surface area contributed by atoms with Crippen LogP contribution < -0.4 is 5.32 Å². The third-order valence-electron chi connectivity index (χ3n) is 4.07. The molecule has 9 heteroatoms. The lowest BCUT2D eigenvalue weighted by Gasteiger charge is -2.27. The number of rotatable bonds is 4. The molecule has 0 amide bonds. The summed E-state index contributed by atoms with van der Waals surface area (Å²) in [5.41, 5.74) is -0.153. The van der Waals surface area contributed by atoms with E-state index in [1.807, 2.05) is 0 Å². The highest BCUT2D eigenvalue weighted by atomic mass is 16.6. The summed E-state index contributed by atoms with van der Waals surface area (Å²) >= 11 is 0.